The summed E-state index contributed by atoms with van der Waals surface area (Å²) < 4.78 is 0. The highest BCUT2D eigenvalue weighted by molar-refractivity contribution is 6.37. The van der Waals surface area contributed by atoms with Gasteiger partial charge in [-0.05, 0) is 42.8 Å². The number of anilines is 1. The van der Waals surface area contributed by atoms with Crippen LogP contribution in [0.4, 0.5) is 5.69 Å². The van der Waals surface area contributed by atoms with E-state index in [1.807, 2.05) is 13.0 Å². The molecule has 0 bridgehead atoms. The Morgan fingerprint density at radius 3 is 2.43 bits per heavy atom. The van der Waals surface area contributed by atoms with Crippen LogP contribution in [0.15, 0.2) is 42.5 Å². The van der Waals surface area contributed by atoms with Gasteiger partial charge in [0, 0.05) is 32.4 Å². The van der Waals surface area contributed by atoms with Crippen molar-refractivity contribution in [1.29, 1.82) is 0 Å². The van der Waals surface area contributed by atoms with E-state index in [0.29, 0.717) is 26.3 Å². The number of carbonyl (C=O) groups is 1. The second-order valence-corrected chi connectivity index (χ2v) is 5.67. The predicted molar refractivity (Wildman–Crippen MR) is 90.3 cm³/mol. The molecule has 21 heavy (non-hydrogen) atoms. The normalized spacial score (nSPS) is 10.9. The Hall–Kier alpha value is -1.48. The van der Waals surface area contributed by atoms with Crippen LogP contribution in [0.5, 0.6) is 0 Å². The average molecular weight is 341 g/mol. The van der Waals surface area contributed by atoms with Gasteiger partial charge in [0.05, 0.1) is 0 Å². The fourth-order valence-electron chi connectivity index (χ4n) is 1.73. The molecule has 0 heterocycles. The maximum absolute atomic E-state index is 11.9. The fourth-order valence-corrected chi connectivity index (χ4v) is 2.43. The van der Waals surface area contributed by atoms with Gasteiger partial charge in [0.15, 0.2) is 0 Å². The standard InChI is InChI=1S/C16H12Cl3NO/c1-10-5-6-11(17)9-15(10)20-16(21)8-7-12-13(18)3-2-4-14(12)19/h2-9H,1H3,(H,20,21). The summed E-state index contributed by atoms with van der Waals surface area (Å²) in [6, 6.07) is 10.5. The third-order valence-electron chi connectivity index (χ3n) is 2.86. The maximum atomic E-state index is 11.9. The predicted octanol–water partition coefficient (Wildman–Crippen LogP) is 5.61. The first-order valence-electron chi connectivity index (χ1n) is 6.16. The Bertz CT molecular complexity index is 690. The zero-order chi connectivity index (χ0) is 15.4. The van der Waals surface area contributed by atoms with Crippen LogP contribution >= 0.6 is 34.8 Å². The molecule has 0 aliphatic carbocycles. The lowest BCUT2D eigenvalue weighted by Crippen LogP contribution is -2.08. The SMILES string of the molecule is Cc1ccc(Cl)cc1NC(=O)C=Cc1c(Cl)cccc1Cl. The number of nitrogens with one attached hydrogen (secondary N) is 1. The van der Waals surface area contributed by atoms with Crippen LogP contribution in [0.3, 0.4) is 0 Å². The first kappa shape index (κ1) is 15.9. The van der Waals surface area contributed by atoms with Crippen LogP contribution in [-0.4, -0.2) is 5.91 Å². The molecule has 2 nitrogen and oxygen atoms in total. The van der Waals surface area contributed by atoms with Crippen molar-refractivity contribution < 1.29 is 4.79 Å². The van der Waals surface area contributed by atoms with Gasteiger partial charge in [0.2, 0.25) is 5.91 Å². The second-order valence-electron chi connectivity index (χ2n) is 4.42. The van der Waals surface area contributed by atoms with Crippen LogP contribution in [0.1, 0.15) is 11.1 Å². The highest BCUT2D eigenvalue weighted by Crippen LogP contribution is 2.25. The number of hydrogen-bond acceptors (Lipinski definition) is 1. The van der Waals surface area contributed by atoms with Crippen LogP contribution < -0.4 is 5.32 Å². The highest BCUT2D eigenvalue weighted by Gasteiger charge is 2.05. The molecule has 0 atom stereocenters. The maximum Gasteiger partial charge on any atom is 0.248 e. The van der Waals surface area contributed by atoms with E-state index >= 15 is 0 Å². The van der Waals surface area contributed by atoms with E-state index in [1.54, 1.807) is 36.4 Å². The number of hydrogen-bond donors (Lipinski definition) is 1. The molecule has 1 amide bonds. The summed E-state index contributed by atoms with van der Waals surface area (Å²) in [6.45, 7) is 1.89. The largest absolute Gasteiger partial charge is 0.322 e. The zero-order valence-electron chi connectivity index (χ0n) is 11.2. The van der Waals surface area contributed by atoms with Crippen molar-refractivity contribution in [2.45, 2.75) is 6.92 Å². The zero-order valence-corrected chi connectivity index (χ0v) is 13.4. The van der Waals surface area contributed by atoms with Gasteiger partial charge < -0.3 is 5.32 Å². The van der Waals surface area contributed by atoms with Gasteiger partial charge >= 0.3 is 0 Å². The molecule has 2 rings (SSSR count). The number of rotatable bonds is 3. The topological polar surface area (TPSA) is 29.1 Å². The summed E-state index contributed by atoms with van der Waals surface area (Å²) in [5.74, 6) is -0.281. The monoisotopic (exact) mass is 339 g/mol. The molecule has 2 aromatic rings. The Labute approximate surface area is 138 Å². The molecule has 0 aliphatic rings. The fraction of sp³-hybridized carbons (Fsp3) is 0.0625. The molecule has 0 unspecified atom stereocenters. The molecule has 0 radical (unpaired) electrons. The van der Waals surface area contributed by atoms with E-state index in [-0.39, 0.29) is 5.91 Å². The van der Waals surface area contributed by atoms with Crippen molar-refractivity contribution >= 4 is 52.5 Å². The van der Waals surface area contributed by atoms with Crippen LogP contribution in [-0.2, 0) is 4.79 Å². The Balaban J connectivity index is 2.15. The molecule has 1 N–H and O–H groups in total. The molecular weight excluding hydrogens is 329 g/mol. The number of carbonyl (C=O) groups excluding carboxylic acids is 1. The van der Waals surface area contributed by atoms with Crippen molar-refractivity contribution in [3.05, 3.63) is 68.7 Å². The minimum absolute atomic E-state index is 0.281. The minimum Gasteiger partial charge on any atom is -0.322 e. The third-order valence-corrected chi connectivity index (χ3v) is 3.75. The van der Waals surface area contributed by atoms with Crippen LogP contribution in [0, 0.1) is 6.92 Å². The molecule has 0 saturated carbocycles. The Kier molecular flexibility index (Phi) is 5.29. The summed E-state index contributed by atoms with van der Waals surface area (Å²) in [6.07, 6.45) is 2.97. The van der Waals surface area contributed by atoms with Gasteiger partial charge in [-0.3, -0.25) is 4.79 Å². The quantitative estimate of drug-likeness (QED) is 0.723. The second kappa shape index (κ2) is 6.99. The summed E-state index contributed by atoms with van der Waals surface area (Å²) >= 11 is 18.0. The molecule has 0 saturated heterocycles. The van der Waals surface area contributed by atoms with Crippen molar-refractivity contribution in [3.8, 4) is 0 Å². The van der Waals surface area contributed by atoms with Gasteiger partial charge in [0.1, 0.15) is 0 Å². The third kappa shape index (κ3) is 4.24. The van der Waals surface area contributed by atoms with E-state index in [4.69, 9.17) is 34.8 Å². The van der Waals surface area contributed by atoms with Crippen molar-refractivity contribution in [2.75, 3.05) is 5.32 Å². The lowest BCUT2D eigenvalue weighted by molar-refractivity contribution is -0.111. The van der Waals surface area contributed by atoms with Gasteiger partial charge in [-0.1, -0.05) is 46.9 Å². The molecule has 5 heteroatoms. The van der Waals surface area contributed by atoms with Gasteiger partial charge in [-0.2, -0.15) is 0 Å². The number of halogens is 3. The Morgan fingerprint density at radius 2 is 1.76 bits per heavy atom. The molecule has 0 fully saturated rings. The van der Waals surface area contributed by atoms with E-state index < -0.39 is 0 Å². The van der Waals surface area contributed by atoms with E-state index in [1.165, 1.54) is 6.08 Å². The number of aryl methyl sites for hydroxylation is 1. The van der Waals surface area contributed by atoms with E-state index in [2.05, 4.69) is 5.32 Å². The number of benzene rings is 2. The smallest absolute Gasteiger partial charge is 0.248 e. The van der Waals surface area contributed by atoms with Crippen molar-refractivity contribution in [1.82, 2.24) is 0 Å². The lowest BCUT2D eigenvalue weighted by atomic mass is 10.2. The first-order chi connectivity index (χ1) is 9.97. The van der Waals surface area contributed by atoms with Gasteiger partial charge in [-0.25, -0.2) is 0 Å². The highest BCUT2D eigenvalue weighted by atomic mass is 35.5. The van der Waals surface area contributed by atoms with E-state index in [9.17, 15) is 4.79 Å². The average Bonchev–Trinajstić information content (AvgIpc) is 2.42. The van der Waals surface area contributed by atoms with E-state index in [0.717, 1.165) is 5.56 Å². The van der Waals surface area contributed by atoms with Crippen molar-refractivity contribution in [2.24, 2.45) is 0 Å². The molecule has 0 aromatic heterocycles. The Morgan fingerprint density at radius 1 is 1.10 bits per heavy atom. The van der Waals surface area contributed by atoms with Crippen LogP contribution in [0.2, 0.25) is 15.1 Å². The first-order valence-corrected chi connectivity index (χ1v) is 7.30. The summed E-state index contributed by atoms with van der Waals surface area (Å²) in [4.78, 5) is 11.9. The molecular formula is C16H12Cl3NO. The lowest BCUT2D eigenvalue weighted by Gasteiger charge is -2.07. The summed E-state index contributed by atoms with van der Waals surface area (Å²) in [7, 11) is 0. The molecule has 0 spiro atoms. The number of amides is 1. The van der Waals surface area contributed by atoms with Crippen molar-refractivity contribution in [3.63, 3.8) is 0 Å². The van der Waals surface area contributed by atoms with Gasteiger partial charge in [0.25, 0.3) is 0 Å². The molecule has 2 aromatic carbocycles. The minimum atomic E-state index is -0.281. The van der Waals surface area contributed by atoms with Crippen LogP contribution in [0.25, 0.3) is 6.08 Å². The molecule has 0 aliphatic heterocycles. The molecule has 108 valence electrons. The summed E-state index contributed by atoms with van der Waals surface area (Å²) in [5, 5.41) is 4.31. The van der Waals surface area contributed by atoms with Gasteiger partial charge in [-0.15, -0.1) is 0 Å². The summed E-state index contributed by atoms with van der Waals surface area (Å²) in [5.41, 5.74) is 2.21.